The van der Waals surface area contributed by atoms with E-state index in [0.717, 1.165) is 0 Å². The lowest BCUT2D eigenvalue weighted by Gasteiger charge is -2.36. The molecular formula is C24H28N4O5. The summed E-state index contributed by atoms with van der Waals surface area (Å²) in [5.41, 5.74) is 1.99. The molecule has 0 radical (unpaired) electrons. The highest BCUT2D eigenvalue weighted by Gasteiger charge is 2.42. The maximum atomic E-state index is 13.6. The van der Waals surface area contributed by atoms with Crippen molar-refractivity contribution >= 4 is 17.4 Å². The van der Waals surface area contributed by atoms with Gasteiger partial charge in [-0.1, -0.05) is 12.1 Å². The summed E-state index contributed by atoms with van der Waals surface area (Å²) in [5.74, 6) is 0.345. The lowest BCUT2D eigenvalue weighted by Crippen LogP contribution is -2.48. The molecule has 0 bridgehead atoms. The van der Waals surface area contributed by atoms with Gasteiger partial charge >= 0.3 is 0 Å². The SMILES string of the molecule is COc1ccc(C2=C(N3CCN(CCO)CC3)C(=O)N(Cc3ccccn3)C2=O)cc1OC. The van der Waals surface area contributed by atoms with Crippen LogP contribution >= 0.6 is 0 Å². The van der Waals surface area contributed by atoms with Crippen LogP contribution in [0.4, 0.5) is 0 Å². The largest absolute Gasteiger partial charge is 0.493 e. The van der Waals surface area contributed by atoms with E-state index in [0.29, 0.717) is 66.8 Å². The van der Waals surface area contributed by atoms with Crippen molar-refractivity contribution in [3.63, 3.8) is 0 Å². The molecule has 1 fully saturated rings. The Morgan fingerprint density at radius 1 is 0.970 bits per heavy atom. The van der Waals surface area contributed by atoms with Gasteiger partial charge in [0.05, 0.1) is 38.6 Å². The summed E-state index contributed by atoms with van der Waals surface area (Å²) in [5, 5.41) is 9.23. The Labute approximate surface area is 192 Å². The summed E-state index contributed by atoms with van der Waals surface area (Å²) >= 11 is 0. The first-order valence-corrected chi connectivity index (χ1v) is 10.9. The van der Waals surface area contributed by atoms with Gasteiger partial charge in [0.1, 0.15) is 5.70 Å². The van der Waals surface area contributed by atoms with Gasteiger partial charge in [0.15, 0.2) is 11.5 Å². The van der Waals surface area contributed by atoms with Crippen LogP contribution in [0, 0.1) is 0 Å². The Morgan fingerprint density at radius 3 is 2.36 bits per heavy atom. The van der Waals surface area contributed by atoms with Crippen molar-refractivity contribution in [1.82, 2.24) is 19.7 Å². The predicted octanol–water partition coefficient (Wildman–Crippen LogP) is 0.989. The maximum absolute atomic E-state index is 13.6. The number of ether oxygens (including phenoxy) is 2. The third-order valence-electron chi connectivity index (χ3n) is 5.97. The molecule has 0 unspecified atom stereocenters. The summed E-state index contributed by atoms with van der Waals surface area (Å²) in [7, 11) is 3.08. The Kier molecular flexibility index (Phi) is 6.90. The highest BCUT2D eigenvalue weighted by molar-refractivity contribution is 6.35. The fourth-order valence-corrected chi connectivity index (χ4v) is 4.24. The minimum atomic E-state index is -0.356. The van der Waals surface area contributed by atoms with Crippen LogP contribution in [0.25, 0.3) is 5.57 Å². The first-order valence-electron chi connectivity index (χ1n) is 10.9. The molecule has 2 aliphatic heterocycles. The molecule has 3 heterocycles. The second kappa shape index (κ2) is 10.0. The molecule has 1 aromatic carbocycles. The summed E-state index contributed by atoms with van der Waals surface area (Å²) in [6, 6.07) is 10.7. The third-order valence-corrected chi connectivity index (χ3v) is 5.97. The molecule has 0 atom stereocenters. The molecule has 0 saturated carbocycles. The molecule has 33 heavy (non-hydrogen) atoms. The zero-order valence-electron chi connectivity index (χ0n) is 18.9. The van der Waals surface area contributed by atoms with Crippen LogP contribution in [-0.2, 0) is 16.1 Å². The standard InChI is InChI=1S/C24H28N4O5/c1-32-19-7-6-17(15-20(19)33-2)21-22(27-11-9-26(10-12-27)13-14-29)24(31)28(23(21)30)16-18-5-3-4-8-25-18/h3-8,15,29H,9-14,16H2,1-2H3. The van der Waals surface area contributed by atoms with E-state index in [9.17, 15) is 14.7 Å². The van der Waals surface area contributed by atoms with Gasteiger partial charge in [0, 0.05) is 38.9 Å². The van der Waals surface area contributed by atoms with Crippen molar-refractivity contribution in [2.24, 2.45) is 0 Å². The van der Waals surface area contributed by atoms with E-state index in [-0.39, 0.29) is 25.0 Å². The molecule has 4 rings (SSSR count). The lowest BCUT2D eigenvalue weighted by molar-refractivity contribution is -0.138. The Morgan fingerprint density at radius 2 is 1.73 bits per heavy atom. The van der Waals surface area contributed by atoms with Gasteiger partial charge in [-0.2, -0.15) is 0 Å². The van der Waals surface area contributed by atoms with Crippen molar-refractivity contribution in [1.29, 1.82) is 0 Å². The number of rotatable bonds is 8. The number of methoxy groups -OCH3 is 2. The molecule has 2 aliphatic rings. The number of piperazine rings is 1. The van der Waals surface area contributed by atoms with E-state index in [2.05, 4.69) is 9.88 Å². The van der Waals surface area contributed by atoms with E-state index in [1.165, 1.54) is 12.0 Å². The van der Waals surface area contributed by atoms with E-state index >= 15 is 0 Å². The summed E-state index contributed by atoms with van der Waals surface area (Å²) in [4.78, 5) is 36.8. The van der Waals surface area contributed by atoms with Crippen LogP contribution in [0.15, 0.2) is 48.3 Å². The first-order chi connectivity index (χ1) is 16.1. The molecule has 0 spiro atoms. The minimum absolute atomic E-state index is 0.0921. The predicted molar refractivity (Wildman–Crippen MR) is 121 cm³/mol. The van der Waals surface area contributed by atoms with Gasteiger partial charge in [-0.05, 0) is 29.8 Å². The number of hydrogen-bond donors (Lipinski definition) is 1. The molecule has 2 aromatic rings. The number of amides is 2. The number of aliphatic hydroxyl groups is 1. The van der Waals surface area contributed by atoms with Gasteiger partial charge in [-0.15, -0.1) is 0 Å². The number of carbonyl (C=O) groups is 2. The lowest BCUT2D eigenvalue weighted by atomic mass is 10.0. The Balaban J connectivity index is 1.72. The topological polar surface area (TPSA) is 95.4 Å². The van der Waals surface area contributed by atoms with Crippen molar-refractivity contribution in [3.8, 4) is 11.5 Å². The van der Waals surface area contributed by atoms with E-state index in [4.69, 9.17) is 9.47 Å². The van der Waals surface area contributed by atoms with E-state index in [1.807, 2.05) is 11.0 Å². The summed E-state index contributed by atoms with van der Waals surface area (Å²) < 4.78 is 10.8. The van der Waals surface area contributed by atoms with Crippen LogP contribution < -0.4 is 9.47 Å². The fourth-order valence-electron chi connectivity index (χ4n) is 4.24. The molecule has 0 aliphatic carbocycles. The minimum Gasteiger partial charge on any atom is -0.493 e. The van der Waals surface area contributed by atoms with Gasteiger partial charge in [-0.3, -0.25) is 24.4 Å². The molecule has 174 valence electrons. The number of β-amino-alcohol motifs (C(OH)–C–C–N with tert-alkyl or cyclic N) is 1. The van der Waals surface area contributed by atoms with Gasteiger partial charge in [-0.25, -0.2) is 0 Å². The average Bonchev–Trinajstić information content (AvgIpc) is 3.09. The van der Waals surface area contributed by atoms with Crippen molar-refractivity contribution < 1.29 is 24.2 Å². The monoisotopic (exact) mass is 452 g/mol. The number of hydrogen-bond acceptors (Lipinski definition) is 8. The number of aliphatic hydroxyl groups excluding tert-OH is 1. The second-order valence-electron chi connectivity index (χ2n) is 7.86. The van der Waals surface area contributed by atoms with Crippen LogP contribution in [0.3, 0.4) is 0 Å². The van der Waals surface area contributed by atoms with Crippen LogP contribution in [0.5, 0.6) is 11.5 Å². The fraction of sp³-hybridized carbons (Fsp3) is 0.375. The Bertz CT molecular complexity index is 1050. The normalized spacial score (nSPS) is 17.2. The quantitative estimate of drug-likeness (QED) is 0.593. The highest BCUT2D eigenvalue weighted by atomic mass is 16.5. The number of aromatic nitrogens is 1. The Hall–Kier alpha value is -3.43. The highest BCUT2D eigenvalue weighted by Crippen LogP contribution is 2.37. The summed E-state index contributed by atoms with van der Waals surface area (Å²) in [6.45, 7) is 3.35. The molecule has 1 saturated heterocycles. The molecule has 9 nitrogen and oxygen atoms in total. The smallest absolute Gasteiger partial charge is 0.278 e. The summed E-state index contributed by atoms with van der Waals surface area (Å²) in [6.07, 6.45) is 1.64. The van der Waals surface area contributed by atoms with Crippen molar-refractivity contribution in [2.45, 2.75) is 6.54 Å². The van der Waals surface area contributed by atoms with Crippen LogP contribution in [0.1, 0.15) is 11.3 Å². The zero-order valence-corrected chi connectivity index (χ0v) is 18.9. The first kappa shape index (κ1) is 22.8. The number of benzene rings is 1. The van der Waals surface area contributed by atoms with Crippen LogP contribution in [0.2, 0.25) is 0 Å². The maximum Gasteiger partial charge on any atom is 0.278 e. The number of nitrogens with zero attached hydrogens (tertiary/aromatic N) is 4. The molecule has 1 aromatic heterocycles. The van der Waals surface area contributed by atoms with E-state index < -0.39 is 0 Å². The van der Waals surface area contributed by atoms with Crippen molar-refractivity contribution in [2.75, 3.05) is 53.6 Å². The van der Waals surface area contributed by atoms with Crippen molar-refractivity contribution in [3.05, 3.63) is 59.5 Å². The third kappa shape index (κ3) is 4.55. The molecule has 1 N–H and O–H groups in total. The molecular weight excluding hydrogens is 424 g/mol. The van der Waals surface area contributed by atoms with Gasteiger partial charge < -0.3 is 19.5 Å². The zero-order chi connectivity index (χ0) is 23.4. The van der Waals surface area contributed by atoms with Gasteiger partial charge in [0.25, 0.3) is 11.8 Å². The second-order valence-corrected chi connectivity index (χ2v) is 7.86. The number of carbonyl (C=O) groups excluding carboxylic acids is 2. The molecule has 2 amide bonds. The van der Waals surface area contributed by atoms with E-state index in [1.54, 1.807) is 43.6 Å². The number of pyridine rings is 1. The molecule has 9 heteroatoms. The van der Waals surface area contributed by atoms with Crippen LogP contribution in [-0.4, -0.2) is 90.2 Å². The van der Waals surface area contributed by atoms with Gasteiger partial charge in [0.2, 0.25) is 0 Å². The number of imide groups is 1. The average molecular weight is 453 g/mol.